The summed E-state index contributed by atoms with van der Waals surface area (Å²) in [6, 6.07) is 1.91. The van der Waals surface area contributed by atoms with E-state index in [1.807, 2.05) is 17.7 Å². The molecule has 204 valence electrons. The molecule has 2 rings (SSSR count). The van der Waals surface area contributed by atoms with Gasteiger partial charge in [0.05, 0.1) is 11.9 Å². The summed E-state index contributed by atoms with van der Waals surface area (Å²) in [6.45, 7) is 42.2. The molecule has 1 aromatic rings. The summed E-state index contributed by atoms with van der Waals surface area (Å²) >= 11 is 0. The lowest BCUT2D eigenvalue weighted by atomic mass is 10.0. The molecule has 37 heavy (non-hydrogen) atoms. The number of hydrogen-bond acceptors (Lipinski definition) is 3. The van der Waals surface area contributed by atoms with Crippen molar-refractivity contribution < 1.29 is 0 Å². The van der Waals surface area contributed by atoms with Crippen molar-refractivity contribution in [1.29, 1.82) is 0 Å². The van der Waals surface area contributed by atoms with Gasteiger partial charge in [0.15, 0.2) is 5.82 Å². The van der Waals surface area contributed by atoms with Crippen molar-refractivity contribution in [3.05, 3.63) is 105 Å². The number of rotatable bonds is 9. The first-order valence-corrected chi connectivity index (χ1v) is 12.7. The van der Waals surface area contributed by atoms with Crippen LogP contribution in [-0.2, 0) is 0 Å². The van der Waals surface area contributed by atoms with E-state index in [1.54, 1.807) is 6.20 Å². The minimum absolute atomic E-state index is 0.500. The highest BCUT2D eigenvalue weighted by molar-refractivity contribution is 6.02. The number of hydrogen-bond donors (Lipinski definition) is 1. The average Bonchev–Trinajstić information content (AvgIpc) is 3.24. The van der Waals surface area contributed by atoms with E-state index in [4.69, 9.17) is 4.99 Å². The van der Waals surface area contributed by atoms with Gasteiger partial charge in [-0.1, -0.05) is 89.3 Å². The van der Waals surface area contributed by atoms with Crippen LogP contribution in [-0.4, -0.2) is 22.0 Å². The van der Waals surface area contributed by atoms with E-state index in [2.05, 4.69) is 123 Å². The second kappa shape index (κ2) is 18.8. The second-order valence-electron chi connectivity index (χ2n) is 10.3. The maximum atomic E-state index is 4.76. The predicted octanol–water partition coefficient (Wildman–Crippen LogP) is 9.79. The molecule has 0 fully saturated rings. The summed E-state index contributed by atoms with van der Waals surface area (Å²) in [4.78, 5) is 4.76. The molecule has 1 aliphatic rings. The molecule has 4 heteroatoms. The van der Waals surface area contributed by atoms with Crippen LogP contribution < -0.4 is 5.32 Å². The SMILES string of the molecule is C=C.C=C.C=C(C)CC1=CCC(C(=C)NCC(=C)/C=C\C(C)=C(\C)CC)=Nc2ccnn21.CC(C)(C)C. The molecular formula is C33H52N4. The number of fused-ring (bicyclic) bond motifs is 1. The van der Waals surface area contributed by atoms with E-state index >= 15 is 0 Å². The van der Waals surface area contributed by atoms with Crippen LogP contribution >= 0.6 is 0 Å². The molecule has 4 nitrogen and oxygen atoms in total. The lowest BCUT2D eigenvalue weighted by Gasteiger charge is -2.11. The Balaban J connectivity index is 0. The van der Waals surface area contributed by atoms with Gasteiger partial charge >= 0.3 is 0 Å². The Morgan fingerprint density at radius 1 is 1.03 bits per heavy atom. The van der Waals surface area contributed by atoms with E-state index in [0.29, 0.717) is 18.4 Å². The van der Waals surface area contributed by atoms with Gasteiger partial charge in [0.1, 0.15) is 0 Å². The van der Waals surface area contributed by atoms with Gasteiger partial charge in [-0.15, -0.1) is 26.3 Å². The van der Waals surface area contributed by atoms with Crippen molar-refractivity contribution in [2.45, 2.75) is 74.7 Å². The zero-order valence-corrected chi connectivity index (χ0v) is 25.0. The fraction of sp³-hybridized carbons (Fsp3) is 0.394. The summed E-state index contributed by atoms with van der Waals surface area (Å²) in [5.74, 6) is 0.817. The Morgan fingerprint density at radius 2 is 1.59 bits per heavy atom. The van der Waals surface area contributed by atoms with Crippen LogP contribution in [0.5, 0.6) is 0 Å². The summed E-state index contributed by atoms with van der Waals surface area (Å²) in [7, 11) is 0. The first-order valence-electron chi connectivity index (χ1n) is 12.7. The maximum Gasteiger partial charge on any atom is 0.155 e. The summed E-state index contributed by atoms with van der Waals surface area (Å²) in [5, 5.41) is 7.76. The van der Waals surface area contributed by atoms with Gasteiger partial charge in [-0.3, -0.25) is 0 Å². The monoisotopic (exact) mass is 504 g/mol. The van der Waals surface area contributed by atoms with Crippen molar-refractivity contribution in [3.63, 3.8) is 0 Å². The molecule has 0 aliphatic carbocycles. The predicted molar refractivity (Wildman–Crippen MR) is 169 cm³/mol. The Morgan fingerprint density at radius 3 is 2.11 bits per heavy atom. The minimum atomic E-state index is 0.500. The zero-order chi connectivity index (χ0) is 29.2. The standard InChI is InChI=1S/C24H32N4.C5H12.2C2H4/c1-8-19(5)20(6)10-9-18(4)16-25-21(7)23-12-11-22(15-17(2)3)28-24(27-23)13-14-26-28;1-5(2,3)4;2*1-2/h9-11,13-14,25H,2,4,7-8,12,15-16H2,1,3,5-6H3;1-4H3;2*1-2H2/b10-9-,20-19-;;;. The Bertz CT molecular complexity index is 995. The van der Waals surface area contributed by atoms with Crippen molar-refractivity contribution in [1.82, 2.24) is 15.1 Å². The third-order valence-corrected chi connectivity index (χ3v) is 4.81. The van der Waals surface area contributed by atoms with Crippen LogP contribution in [0.4, 0.5) is 5.82 Å². The first-order chi connectivity index (χ1) is 17.3. The molecular weight excluding hydrogens is 452 g/mol. The average molecular weight is 505 g/mol. The summed E-state index contributed by atoms with van der Waals surface area (Å²) in [5.41, 5.74) is 8.10. The molecule has 0 radical (unpaired) electrons. The lowest BCUT2D eigenvalue weighted by Crippen LogP contribution is -2.21. The molecule has 1 aliphatic heterocycles. The van der Waals surface area contributed by atoms with Crippen LogP contribution in [0.1, 0.15) is 74.7 Å². The van der Waals surface area contributed by atoms with Gasteiger partial charge in [-0.25, -0.2) is 9.67 Å². The van der Waals surface area contributed by atoms with E-state index in [1.165, 1.54) is 11.1 Å². The summed E-state index contributed by atoms with van der Waals surface area (Å²) < 4.78 is 1.88. The van der Waals surface area contributed by atoms with Crippen LogP contribution in [0.2, 0.25) is 0 Å². The van der Waals surface area contributed by atoms with Crippen molar-refractivity contribution in [3.8, 4) is 0 Å². The molecule has 1 aromatic heterocycles. The molecule has 0 bridgehead atoms. The second-order valence-corrected chi connectivity index (χ2v) is 10.3. The molecule has 0 saturated carbocycles. The molecule has 0 spiro atoms. The number of aliphatic imine (C=N–C) groups is 1. The fourth-order valence-electron chi connectivity index (χ4n) is 2.78. The maximum absolute atomic E-state index is 4.76. The fourth-order valence-corrected chi connectivity index (χ4v) is 2.78. The Kier molecular flexibility index (Phi) is 18.2. The van der Waals surface area contributed by atoms with E-state index < -0.39 is 0 Å². The lowest BCUT2D eigenvalue weighted by molar-refractivity contribution is 0.469. The minimum Gasteiger partial charge on any atom is -0.380 e. The van der Waals surface area contributed by atoms with E-state index in [-0.39, 0.29) is 0 Å². The van der Waals surface area contributed by atoms with Gasteiger partial charge in [0.25, 0.3) is 0 Å². The van der Waals surface area contributed by atoms with Crippen molar-refractivity contribution in [2.24, 2.45) is 10.4 Å². The van der Waals surface area contributed by atoms with Gasteiger partial charge in [0, 0.05) is 36.8 Å². The molecule has 0 atom stereocenters. The highest BCUT2D eigenvalue weighted by atomic mass is 15.3. The molecule has 0 saturated heterocycles. The third kappa shape index (κ3) is 16.1. The van der Waals surface area contributed by atoms with Gasteiger partial charge in [-0.05, 0) is 38.2 Å². The highest BCUT2D eigenvalue weighted by Crippen LogP contribution is 2.26. The third-order valence-electron chi connectivity index (χ3n) is 4.81. The zero-order valence-electron chi connectivity index (χ0n) is 25.0. The quantitative estimate of drug-likeness (QED) is 0.268. The number of allylic oxidation sites excluding steroid dienone is 7. The number of nitrogens with one attached hydrogen (secondary N) is 1. The molecule has 0 aromatic carbocycles. The topological polar surface area (TPSA) is 42.2 Å². The van der Waals surface area contributed by atoms with Crippen LogP contribution in [0.15, 0.2) is 110 Å². The molecule has 2 heterocycles. The van der Waals surface area contributed by atoms with Gasteiger partial charge in [0.2, 0.25) is 0 Å². The number of nitrogens with zero attached hydrogens (tertiary/aromatic N) is 3. The molecule has 0 unspecified atom stereocenters. The first kappa shape index (κ1) is 35.8. The van der Waals surface area contributed by atoms with Crippen LogP contribution in [0.25, 0.3) is 5.70 Å². The number of aromatic nitrogens is 2. The molecule has 0 amide bonds. The Hall–Kier alpha value is -3.40. The van der Waals surface area contributed by atoms with Crippen LogP contribution in [0.3, 0.4) is 0 Å². The smallest absolute Gasteiger partial charge is 0.155 e. The van der Waals surface area contributed by atoms with Gasteiger partial charge in [-0.2, -0.15) is 5.10 Å². The van der Waals surface area contributed by atoms with Gasteiger partial charge < -0.3 is 5.32 Å². The van der Waals surface area contributed by atoms with Crippen LogP contribution in [0, 0.1) is 5.41 Å². The van der Waals surface area contributed by atoms with E-state index in [0.717, 1.165) is 46.9 Å². The summed E-state index contributed by atoms with van der Waals surface area (Å²) in [6.07, 6.45) is 10.7. The normalized spacial score (nSPS) is 12.9. The van der Waals surface area contributed by atoms with E-state index in [9.17, 15) is 0 Å². The highest BCUT2D eigenvalue weighted by Gasteiger charge is 2.14. The van der Waals surface area contributed by atoms with Crippen molar-refractivity contribution in [2.75, 3.05) is 6.54 Å². The molecule has 1 N–H and O–H groups in total. The Labute approximate surface area is 228 Å². The largest absolute Gasteiger partial charge is 0.380 e. The van der Waals surface area contributed by atoms with Crippen molar-refractivity contribution >= 4 is 17.2 Å².